The van der Waals surface area contributed by atoms with Crippen LogP contribution in [0, 0.1) is 0 Å². The van der Waals surface area contributed by atoms with Crippen molar-refractivity contribution >= 4 is 9.84 Å². The number of benzene rings is 1. The van der Waals surface area contributed by atoms with E-state index in [9.17, 15) is 8.42 Å². The molecule has 124 valence electrons. The summed E-state index contributed by atoms with van der Waals surface area (Å²) in [6.45, 7) is 9.13. The van der Waals surface area contributed by atoms with Crippen LogP contribution in [0.2, 0.25) is 0 Å². The molecule has 0 aliphatic carbocycles. The van der Waals surface area contributed by atoms with Crippen LogP contribution in [0.3, 0.4) is 0 Å². The van der Waals surface area contributed by atoms with Gasteiger partial charge in [0, 0.05) is 26.2 Å². The lowest BCUT2D eigenvalue weighted by molar-refractivity contribution is 0.237. The molecular formula is C17H28N2O2S. The van der Waals surface area contributed by atoms with Crippen LogP contribution in [0.25, 0.3) is 0 Å². The molecule has 1 aromatic carbocycles. The molecule has 1 N–H and O–H groups in total. The fourth-order valence-corrected chi connectivity index (χ4v) is 3.78. The Bertz CT molecular complexity index is 547. The monoisotopic (exact) mass is 324 g/mol. The van der Waals surface area contributed by atoms with Gasteiger partial charge in [-0.25, -0.2) is 8.42 Å². The molecular weight excluding hydrogens is 296 g/mol. The zero-order valence-electron chi connectivity index (χ0n) is 13.7. The van der Waals surface area contributed by atoms with Crippen molar-refractivity contribution in [2.24, 2.45) is 0 Å². The Morgan fingerprint density at radius 3 is 2.32 bits per heavy atom. The van der Waals surface area contributed by atoms with Gasteiger partial charge in [0.1, 0.15) is 0 Å². The summed E-state index contributed by atoms with van der Waals surface area (Å²) >= 11 is 0. The Kier molecular flexibility index (Phi) is 6.41. The largest absolute Gasteiger partial charge is 0.314 e. The SMILES string of the molecule is CC(C)S(=O)(=O)c1ccc(CCCCN2CCNCC2)cc1. The highest BCUT2D eigenvalue weighted by molar-refractivity contribution is 7.92. The number of nitrogens with zero attached hydrogens (tertiary/aromatic N) is 1. The first-order chi connectivity index (χ1) is 10.5. The first-order valence-electron chi connectivity index (χ1n) is 8.26. The van der Waals surface area contributed by atoms with Gasteiger partial charge in [0.2, 0.25) is 0 Å². The second-order valence-electron chi connectivity index (χ2n) is 6.29. The number of hydrogen-bond donors (Lipinski definition) is 1. The molecule has 0 saturated carbocycles. The van der Waals surface area contributed by atoms with E-state index in [1.165, 1.54) is 18.5 Å². The van der Waals surface area contributed by atoms with Crippen molar-refractivity contribution in [2.45, 2.75) is 43.3 Å². The van der Waals surface area contributed by atoms with Crippen LogP contribution in [-0.4, -0.2) is 51.3 Å². The molecule has 1 fully saturated rings. The quantitative estimate of drug-likeness (QED) is 0.780. The molecule has 0 bridgehead atoms. The van der Waals surface area contributed by atoms with Crippen LogP contribution in [0.15, 0.2) is 29.2 Å². The highest BCUT2D eigenvalue weighted by Gasteiger charge is 2.18. The van der Waals surface area contributed by atoms with E-state index >= 15 is 0 Å². The zero-order chi connectivity index (χ0) is 16.0. The molecule has 1 saturated heterocycles. The standard InChI is InChI=1S/C17H28N2O2S/c1-15(2)22(20,21)17-8-6-16(7-9-17)5-3-4-12-19-13-10-18-11-14-19/h6-9,15,18H,3-5,10-14H2,1-2H3. The fraction of sp³-hybridized carbons (Fsp3) is 0.647. The highest BCUT2D eigenvalue weighted by atomic mass is 32.2. The molecule has 1 aliphatic heterocycles. The maximum atomic E-state index is 12.1. The van der Waals surface area contributed by atoms with Gasteiger partial charge in [-0.3, -0.25) is 0 Å². The van der Waals surface area contributed by atoms with Crippen molar-refractivity contribution in [1.29, 1.82) is 0 Å². The maximum Gasteiger partial charge on any atom is 0.180 e. The van der Waals surface area contributed by atoms with E-state index in [1.54, 1.807) is 26.0 Å². The minimum atomic E-state index is -3.15. The lowest BCUT2D eigenvalue weighted by Gasteiger charge is -2.27. The number of piperazine rings is 1. The van der Waals surface area contributed by atoms with Crippen LogP contribution < -0.4 is 5.32 Å². The van der Waals surface area contributed by atoms with Crippen molar-refractivity contribution in [3.8, 4) is 0 Å². The molecule has 2 rings (SSSR count). The van der Waals surface area contributed by atoms with Crippen molar-refractivity contribution in [3.63, 3.8) is 0 Å². The summed E-state index contributed by atoms with van der Waals surface area (Å²) in [4.78, 5) is 2.95. The van der Waals surface area contributed by atoms with Gasteiger partial charge in [-0.05, 0) is 57.4 Å². The predicted molar refractivity (Wildman–Crippen MR) is 91.0 cm³/mol. The fourth-order valence-electron chi connectivity index (χ4n) is 2.72. The lowest BCUT2D eigenvalue weighted by atomic mass is 10.1. The van der Waals surface area contributed by atoms with Gasteiger partial charge in [0.05, 0.1) is 10.1 Å². The molecule has 4 nitrogen and oxygen atoms in total. The van der Waals surface area contributed by atoms with Gasteiger partial charge < -0.3 is 10.2 Å². The van der Waals surface area contributed by atoms with E-state index in [1.807, 2.05) is 12.1 Å². The number of hydrogen-bond acceptors (Lipinski definition) is 4. The minimum absolute atomic E-state index is 0.364. The number of rotatable bonds is 7. The van der Waals surface area contributed by atoms with Crippen molar-refractivity contribution in [3.05, 3.63) is 29.8 Å². The predicted octanol–water partition coefficient (Wildman–Crippen LogP) is 2.10. The Balaban J connectivity index is 1.77. The molecule has 1 heterocycles. The first kappa shape index (κ1) is 17.4. The Morgan fingerprint density at radius 1 is 1.09 bits per heavy atom. The molecule has 0 spiro atoms. The molecule has 0 amide bonds. The lowest BCUT2D eigenvalue weighted by Crippen LogP contribution is -2.43. The third-order valence-corrected chi connectivity index (χ3v) is 6.44. The van der Waals surface area contributed by atoms with E-state index in [4.69, 9.17) is 0 Å². The van der Waals surface area contributed by atoms with Gasteiger partial charge in [-0.1, -0.05) is 12.1 Å². The minimum Gasteiger partial charge on any atom is -0.314 e. The normalized spacial score (nSPS) is 17.0. The van der Waals surface area contributed by atoms with Crippen LogP contribution in [0.4, 0.5) is 0 Å². The smallest absolute Gasteiger partial charge is 0.180 e. The van der Waals surface area contributed by atoms with Gasteiger partial charge in [0.15, 0.2) is 9.84 Å². The van der Waals surface area contributed by atoms with E-state index in [2.05, 4.69) is 10.2 Å². The molecule has 1 aromatic rings. The Hall–Kier alpha value is -0.910. The van der Waals surface area contributed by atoms with Gasteiger partial charge in [-0.15, -0.1) is 0 Å². The molecule has 0 atom stereocenters. The van der Waals surface area contributed by atoms with Crippen LogP contribution >= 0.6 is 0 Å². The van der Waals surface area contributed by atoms with Gasteiger partial charge in [-0.2, -0.15) is 0 Å². The van der Waals surface area contributed by atoms with E-state index in [-0.39, 0.29) is 5.25 Å². The third-order valence-electron chi connectivity index (χ3n) is 4.27. The second-order valence-corrected chi connectivity index (χ2v) is 8.79. The topological polar surface area (TPSA) is 49.4 Å². The number of unbranched alkanes of at least 4 members (excludes halogenated alkanes) is 1. The summed E-state index contributed by atoms with van der Waals surface area (Å²) in [6.07, 6.45) is 3.38. The molecule has 0 unspecified atom stereocenters. The maximum absolute atomic E-state index is 12.1. The highest BCUT2D eigenvalue weighted by Crippen LogP contribution is 2.17. The van der Waals surface area contributed by atoms with Gasteiger partial charge >= 0.3 is 0 Å². The Labute approximate surface area is 134 Å². The second kappa shape index (κ2) is 8.09. The summed E-state index contributed by atoms with van der Waals surface area (Å²) in [7, 11) is -3.15. The van der Waals surface area contributed by atoms with Crippen LogP contribution in [0.5, 0.6) is 0 Å². The summed E-state index contributed by atoms with van der Waals surface area (Å²) in [5, 5.41) is 3.00. The Morgan fingerprint density at radius 2 is 1.73 bits per heavy atom. The summed E-state index contributed by atoms with van der Waals surface area (Å²) < 4.78 is 24.1. The molecule has 0 radical (unpaired) electrons. The van der Waals surface area contributed by atoms with Crippen molar-refractivity contribution in [2.75, 3.05) is 32.7 Å². The first-order valence-corrected chi connectivity index (χ1v) is 9.80. The third kappa shape index (κ3) is 4.80. The van der Waals surface area contributed by atoms with E-state index in [0.717, 1.165) is 39.0 Å². The average Bonchev–Trinajstić information content (AvgIpc) is 2.53. The molecule has 5 heteroatoms. The zero-order valence-corrected chi connectivity index (χ0v) is 14.5. The van der Waals surface area contributed by atoms with Gasteiger partial charge in [0.25, 0.3) is 0 Å². The number of aryl methyl sites for hydroxylation is 1. The molecule has 0 aromatic heterocycles. The number of nitrogens with one attached hydrogen (secondary N) is 1. The van der Waals surface area contributed by atoms with Crippen LogP contribution in [0.1, 0.15) is 32.3 Å². The summed E-state index contributed by atoms with van der Waals surface area (Å²) in [5.74, 6) is 0. The van der Waals surface area contributed by atoms with Crippen molar-refractivity contribution in [1.82, 2.24) is 10.2 Å². The van der Waals surface area contributed by atoms with E-state index in [0.29, 0.717) is 4.90 Å². The van der Waals surface area contributed by atoms with E-state index < -0.39 is 9.84 Å². The number of sulfone groups is 1. The average molecular weight is 324 g/mol. The summed E-state index contributed by atoms with van der Waals surface area (Å²) in [6, 6.07) is 7.42. The van der Waals surface area contributed by atoms with Crippen LogP contribution in [-0.2, 0) is 16.3 Å². The molecule has 1 aliphatic rings. The molecule has 22 heavy (non-hydrogen) atoms. The summed E-state index contributed by atoms with van der Waals surface area (Å²) in [5.41, 5.74) is 1.23. The van der Waals surface area contributed by atoms with Crippen molar-refractivity contribution < 1.29 is 8.42 Å².